The topological polar surface area (TPSA) is 108 Å². The smallest absolute Gasteiger partial charge is 0.344 e. The molecule has 2 rings (SSSR count). The monoisotopic (exact) mass is 402 g/mol. The number of nitro groups is 1. The number of esters is 1. The third-order valence-corrected chi connectivity index (χ3v) is 3.84. The van der Waals surface area contributed by atoms with Gasteiger partial charge in [0, 0.05) is 19.7 Å². The third kappa shape index (κ3) is 6.80. The Morgan fingerprint density at radius 3 is 2.38 bits per heavy atom. The molecule has 9 nitrogen and oxygen atoms in total. The van der Waals surface area contributed by atoms with E-state index in [9.17, 15) is 19.7 Å². The molecule has 0 heterocycles. The molecule has 0 saturated heterocycles. The Kier molecular flexibility index (Phi) is 7.96. The van der Waals surface area contributed by atoms with Gasteiger partial charge in [-0.1, -0.05) is 24.3 Å². The van der Waals surface area contributed by atoms with Crippen molar-refractivity contribution in [2.24, 2.45) is 0 Å². The maximum absolute atomic E-state index is 12.1. The first-order chi connectivity index (χ1) is 13.9. The molecule has 0 unspecified atom stereocenters. The molecule has 0 saturated carbocycles. The van der Waals surface area contributed by atoms with Gasteiger partial charge in [0.15, 0.2) is 19.0 Å². The summed E-state index contributed by atoms with van der Waals surface area (Å²) < 4.78 is 15.4. The predicted octanol–water partition coefficient (Wildman–Crippen LogP) is 2.57. The normalized spacial score (nSPS) is 10.1. The summed E-state index contributed by atoms with van der Waals surface area (Å²) in [6.07, 6.45) is 0. The van der Waals surface area contributed by atoms with Crippen LogP contribution in [0.3, 0.4) is 0 Å². The van der Waals surface area contributed by atoms with Crippen LogP contribution in [0, 0.1) is 10.1 Å². The summed E-state index contributed by atoms with van der Waals surface area (Å²) in [5, 5.41) is 10.9. The van der Waals surface area contributed by atoms with Crippen molar-refractivity contribution in [3.8, 4) is 11.5 Å². The van der Waals surface area contributed by atoms with Crippen molar-refractivity contribution in [1.82, 2.24) is 4.90 Å². The number of carbonyl (C=O) groups excluding carboxylic acids is 2. The maximum Gasteiger partial charge on any atom is 0.344 e. The van der Waals surface area contributed by atoms with Crippen molar-refractivity contribution >= 4 is 17.6 Å². The van der Waals surface area contributed by atoms with Crippen LogP contribution >= 0.6 is 0 Å². The fourth-order valence-electron chi connectivity index (χ4n) is 2.38. The van der Waals surface area contributed by atoms with Crippen molar-refractivity contribution in [2.75, 3.05) is 26.9 Å². The summed E-state index contributed by atoms with van der Waals surface area (Å²) in [6.45, 7) is 1.82. The Bertz CT molecular complexity index is 852. The Hall–Kier alpha value is -3.62. The lowest BCUT2D eigenvalue weighted by Gasteiger charge is -2.17. The van der Waals surface area contributed by atoms with Crippen LogP contribution in [0.15, 0.2) is 48.5 Å². The lowest BCUT2D eigenvalue weighted by molar-refractivity contribution is -0.385. The number of hydrogen-bond donors (Lipinski definition) is 0. The van der Waals surface area contributed by atoms with Crippen molar-refractivity contribution in [2.45, 2.75) is 13.5 Å². The van der Waals surface area contributed by atoms with E-state index in [2.05, 4.69) is 0 Å². The molecule has 0 bridgehead atoms. The zero-order chi connectivity index (χ0) is 21.2. The number of hydrogen-bond acceptors (Lipinski definition) is 7. The van der Waals surface area contributed by atoms with Gasteiger partial charge in [-0.15, -0.1) is 0 Å². The highest BCUT2D eigenvalue weighted by atomic mass is 16.6. The Morgan fingerprint density at radius 2 is 1.72 bits per heavy atom. The van der Waals surface area contributed by atoms with Crippen LogP contribution in [0.5, 0.6) is 11.5 Å². The van der Waals surface area contributed by atoms with Gasteiger partial charge in [-0.2, -0.15) is 0 Å². The summed E-state index contributed by atoms with van der Waals surface area (Å²) >= 11 is 0. The van der Waals surface area contributed by atoms with Crippen molar-refractivity contribution in [1.29, 1.82) is 0 Å². The van der Waals surface area contributed by atoms with E-state index in [1.807, 2.05) is 31.2 Å². The molecule has 0 aliphatic heterocycles. The number of nitro benzene ring substituents is 1. The minimum atomic E-state index is -0.800. The highest BCUT2D eigenvalue weighted by molar-refractivity contribution is 5.80. The molecular formula is C20H22N2O7. The molecule has 0 fully saturated rings. The van der Waals surface area contributed by atoms with E-state index in [1.54, 1.807) is 13.1 Å². The molecule has 0 aliphatic carbocycles. The Labute approximate surface area is 167 Å². The average Bonchev–Trinajstić information content (AvgIpc) is 2.72. The minimum absolute atomic E-state index is 0.0478. The van der Waals surface area contributed by atoms with E-state index in [0.29, 0.717) is 13.2 Å². The number of likely N-dealkylation sites (N-methyl/N-ethyl adjacent to an activating group) is 1. The molecule has 1 amide bonds. The SMILES string of the molecule is CCOc1ccc(CN(C)C(=O)COC(=O)COc2ccccc2[N+](=O)[O-])cc1. The minimum Gasteiger partial charge on any atom is -0.494 e. The van der Waals surface area contributed by atoms with E-state index in [1.165, 1.54) is 23.1 Å². The van der Waals surface area contributed by atoms with E-state index in [4.69, 9.17) is 14.2 Å². The Balaban J connectivity index is 1.77. The van der Waals surface area contributed by atoms with Gasteiger partial charge in [0.05, 0.1) is 11.5 Å². The highest BCUT2D eigenvalue weighted by Crippen LogP contribution is 2.25. The molecule has 2 aromatic carbocycles. The van der Waals surface area contributed by atoms with Crippen LogP contribution < -0.4 is 9.47 Å². The molecule has 2 aromatic rings. The summed E-state index contributed by atoms with van der Waals surface area (Å²) in [5.41, 5.74) is 0.641. The first-order valence-corrected chi connectivity index (χ1v) is 8.88. The molecule has 0 atom stereocenters. The van der Waals surface area contributed by atoms with Crippen LogP contribution in [0.2, 0.25) is 0 Å². The van der Waals surface area contributed by atoms with E-state index >= 15 is 0 Å². The third-order valence-electron chi connectivity index (χ3n) is 3.84. The number of nitrogens with zero attached hydrogens (tertiary/aromatic N) is 2. The van der Waals surface area contributed by atoms with Crippen molar-refractivity contribution < 1.29 is 28.7 Å². The number of ether oxygens (including phenoxy) is 3. The number of para-hydroxylation sites is 2. The number of amides is 1. The first-order valence-electron chi connectivity index (χ1n) is 8.88. The first kappa shape index (κ1) is 21.7. The standard InChI is InChI=1S/C20H22N2O7/c1-3-27-16-10-8-15(9-11-16)12-21(2)19(23)13-29-20(24)14-28-18-7-5-4-6-17(18)22(25)26/h4-11H,3,12-14H2,1-2H3. The zero-order valence-corrected chi connectivity index (χ0v) is 16.2. The van der Waals surface area contributed by atoms with E-state index in [0.717, 1.165) is 11.3 Å². The lowest BCUT2D eigenvalue weighted by atomic mass is 10.2. The van der Waals surface area contributed by atoms with Crippen molar-refractivity contribution in [3.63, 3.8) is 0 Å². The molecule has 0 aliphatic rings. The molecule has 0 radical (unpaired) electrons. The van der Waals surface area contributed by atoms with Gasteiger partial charge >= 0.3 is 11.7 Å². The van der Waals surface area contributed by atoms with Gasteiger partial charge in [-0.3, -0.25) is 14.9 Å². The van der Waals surface area contributed by atoms with Crippen LogP contribution in [-0.2, 0) is 20.9 Å². The van der Waals surface area contributed by atoms with Gasteiger partial charge < -0.3 is 19.1 Å². The summed E-state index contributed by atoms with van der Waals surface area (Å²) in [4.78, 5) is 35.6. The Morgan fingerprint density at radius 1 is 1.03 bits per heavy atom. The maximum atomic E-state index is 12.1. The van der Waals surface area contributed by atoms with Gasteiger partial charge in [-0.05, 0) is 30.7 Å². The van der Waals surface area contributed by atoms with E-state index < -0.39 is 30.0 Å². The molecule has 0 spiro atoms. The number of carbonyl (C=O) groups is 2. The van der Waals surface area contributed by atoms with Gasteiger partial charge in [0.2, 0.25) is 0 Å². The number of benzene rings is 2. The molecule has 154 valence electrons. The number of rotatable bonds is 10. The molecule has 9 heteroatoms. The summed E-state index contributed by atoms with van der Waals surface area (Å²) in [5.74, 6) is -0.491. The van der Waals surface area contributed by atoms with Crippen LogP contribution in [0.4, 0.5) is 5.69 Å². The lowest BCUT2D eigenvalue weighted by Crippen LogP contribution is -2.31. The van der Waals surface area contributed by atoms with Crippen LogP contribution in [0.25, 0.3) is 0 Å². The fourth-order valence-corrected chi connectivity index (χ4v) is 2.38. The zero-order valence-electron chi connectivity index (χ0n) is 16.2. The van der Waals surface area contributed by atoms with E-state index in [-0.39, 0.29) is 11.4 Å². The second kappa shape index (κ2) is 10.6. The second-order valence-corrected chi connectivity index (χ2v) is 6.00. The van der Waals surface area contributed by atoms with Gasteiger partial charge in [0.1, 0.15) is 5.75 Å². The molecule has 0 aromatic heterocycles. The molecule has 29 heavy (non-hydrogen) atoms. The second-order valence-electron chi connectivity index (χ2n) is 6.00. The average molecular weight is 402 g/mol. The van der Waals surface area contributed by atoms with Crippen LogP contribution in [-0.4, -0.2) is 48.6 Å². The van der Waals surface area contributed by atoms with Crippen molar-refractivity contribution in [3.05, 3.63) is 64.2 Å². The summed E-state index contributed by atoms with van der Waals surface area (Å²) in [6, 6.07) is 13.0. The highest BCUT2D eigenvalue weighted by Gasteiger charge is 2.17. The molecule has 0 N–H and O–H groups in total. The van der Waals surface area contributed by atoms with Gasteiger partial charge in [-0.25, -0.2) is 4.79 Å². The quantitative estimate of drug-likeness (QED) is 0.341. The molecular weight excluding hydrogens is 380 g/mol. The largest absolute Gasteiger partial charge is 0.494 e. The predicted molar refractivity (Wildman–Crippen MR) is 104 cm³/mol. The fraction of sp³-hybridized carbons (Fsp3) is 0.300. The summed E-state index contributed by atoms with van der Waals surface area (Å²) in [7, 11) is 1.59. The van der Waals surface area contributed by atoms with Gasteiger partial charge in [0.25, 0.3) is 5.91 Å². The van der Waals surface area contributed by atoms with Crippen LogP contribution in [0.1, 0.15) is 12.5 Å².